The van der Waals surface area contributed by atoms with Gasteiger partial charge in [0.05, 0.1) is 20.8 Å². The summed E-state index contributed by atoms with van der Waals surface area (Å²) in [6.07, 6.45) is 1.16. The SMILES string of the molecule is Cc1nn(-c2ncnc(Cl)c2[N+](=O)[O-])c(C)c1Br. The third kappa shape index (κ3) is 1.97. The minimum atomic E-state index is -0.623. The Morgan fingerprint density at radius 3 is 2.61 bits per heavy atom. The van der Waals surface area contributed by atoms with Gasteiger partial charge in [0.1, 0.15) is 6.33 Å². The molecule has 0 spiro atoms. The van der Waals surface area contributed by atoms with E-state index in [1.165, 1.54) is 4.68 Å². The summed E-state index contributed by atoms with van der Waals surface area (Å²) < 4.78 is 2.14. The van der Waals surface area contributed by atoms with Gasteiger partial charge in [0, 0.05) is 0 Å². The van der Waals surface area contributed by atoms with Crippen molar-refractivity contribution in [1.82, 2.24) is 19.7 Å². The molecule has 0 fully saturated rings. The fraction of sp³-hybridized carbons (Fsp3) is 0.222. The van der Waals surface area contributed by atoms with Gasteiger partial charge in [-0.05, 0) is 29.8 Å². The summed E-state index contributed by atoms with van der Waals surface area (Å²) in [6.45, 7) is 3.55. The van der Waals surface area contributed by atoms with E-state index in [0.717, 1.165) is 10.8 Å². The Morgan fingerprint density at radius 2 is 2.11 bits per heavy atom. The minimum absolute atomic E-state index is 0.0475. The van der Waals surface area contributed by atoms with E-state index < -0.39 is 4.92 Å². The summed E-state index contributed by atoms with van der Waals surface area (Å²) in [4.78, 5) is 17.9. The molecule has 2 aromatic heterocycles. The molecular weight excluding hydrogens is 325 g/mol. The number of aryl methyl sites for hydroxylation is 1. The van der Waals surface area contributed by atoms with Crippen molar-refractivity contribution in [1.29, 1.82) is 0 Å². The molecule has 0 bridgehead atoms. The van der Waals surface area contributed by atoms with Crippen LogP contribution in [-0.4, -0.2) is 24.7 Å². The molecule has 9 heteroatoms. The second kappa shape index (κ2) is 4.62. The molecule has 18 heavy (non-hydrogen) atoms. The second-order valence-corrected chi connectivity index (χ2v) is 4.64. The van der Waals surface area contributed by atoms with E-state index in [1.807, 2.05) is 0 Å². The van der Waals surface area contributed by atoms with Crippen LogP contribution in [0.2, 0.25) is 5.15 Å². The van der Waals surface area contributed by atoms with Gasteiger partial charge < -0.3 is 0 Å². The fourth-order valence-corrected chi connectivity index (χ4v) is 1.94. The highest BCUT2D eigenvalue weighted by molar-refractivity contribution is 9.10. The summed E-state index contributed by atoms with van der Waals surface area (Å²) in [5, 5.41) is 15.0. The first-order valence-electron chi connectivity index (χ1n) is 4.80. The number of nitrogens with zero attached hydrogens (tertiary/aromatic N) is 5. The van der Waals surface area contributed by atoms with Crippen LogP contribution in [0.4, 0.5) is 5.69 Å². The van der Waals surface area contributed by atoms with Gasteiger partial charge in [-0.2, -0.15) is 5.10 Å². The fourth-order valence-electron chi connectivity index (χ4n) is 1.49. The molecule has 0 unspecified atom stereocenters. The lowest BCUT2D eigenvalue weighted by Crippen LogP contribution is -2.07. The summed E-state index contributed by atoms with van der Waals surface area (Å²) in [6, 6.07) is 0. The zero-order valence-electron chi connectivity index (χ0n) is 9.39. The third-order valence-corrected chi connectivity index (χ3v) is 3.77. The van der Waals surface area contributed by atoms with Crippen molar-refractivity contribution in [2.24, 2.45) is 0 Å². The summed E-state index contributed by atoms with van der Waals surface area (Å²) >= 11 is 9.08. The molecular formula is C9H7BrClN5O2. The van der Waals surface area contributed by atoms with E-state index in [4.69, 9.17) is 11.6 Å². The number of hydrogen-bond donors (Lipinski definition) is 0. The van der Waals surface area contributed by atoms with Crippen molar-refractivity contribution in [2.75, 3.05) is 0 Å². The number of aromatic nitrogens is 4. The number of hydrogen-bond acceptors (Lipinski definition) is 5. The molecule has 0 saturated carbocycles. The van der Waals surface area contributed by atoms with Crippen LogP contribution in [0, 0.1) is 24.0 Å². The highest BCUT2D eigenvalue weighted by Crippen LogP contribution is 2.30. The zero-order valence-corrected chi connectivity index (χ0v) is 11.7. The number of rotatable bonds is 2. The van der Waals surface area contributed by atoms with Crippen molar-refractivity contribution >= 4 is 33.2 Å². The van der Waals surface area contributed by atoms with Crippen molar-refractivity contribution in [3.63, 3.8) is 0 Å². The van der Waals surface area contributed by atoms with Gasteiger partial charge in [0.2, 0.25) is 11.0 Å². The maximum Gasteiger partial charge on any atom is 0.350 e. The molecule has 0 aromatic carbocycles. The maximum absolute atomic E-state index is 11.0. The smallest absolute Gasteiger partial charge is 0.258 e. The summed E-state index contributed by atoms with van der Waals surface area (Å²) in [5.74, 6) is 0.0475. The first-order chi connectivity index (χ1) is 8.43. The topological polar surface area (TPSA) is 86.7 Å². The van der Waals surface area contributed by atoms with Crippen LogP contribution in [0.5, 0.6) is 0 Å². The van der Waals surface area contributed by atoms with Gasteiger partial charge in [-0.25, -0.2) is 14.6 Å². The quantitative estimate of drug-likeness (QED) is 0.479. The third-order valence-electron chi connectivity index (χ3n) is 2.34. The lowest BCUT2D eigenvalue weighted by atomic mass is 10.4. The van der Waals surface area contributed by atoms with Crippen molar-refractivity contribution < 1.29 is 4.92 Å². The molecule has 2 aromatic rings. The van der Waals surface area contributed by atoms with E-state index in [0.29, 0.717) is 11.4 Å². The largest absolute Gasteiger partial charge is 0.350 e. The second-order valence-electron chi connectivity index (χ2n) is 3.49. The van der Waals surface area contributed by atoms with Gasteiger partial charge >= 0.3 is 5.69 Å². The van der Waals surface area contributed by atoms with Crippen LogP contribution in [0.1, 0.15) is 11.4 Å². The minimum Gasteiger partial charge on any atom is -0.258 e. The normalized spacial score (nSPS) is 10.7. The molecule has 0 radical (unpaired) electrons. The maximum atomic E-state index is 11.0. The van der Waals surface area contributed by atoms with Gasteiger partial charge in [-0.15, -0.1) is 0 Å². The summed E-state index contributed by atoms with van der Waals surface area (Å²) in [5.41, 5.74) is 1.04. The van der Waals surface area contributed by atoms with Crippen LogP contribution in [-0.2, 0) is 0 Å². The Balaban J connectivity index is 2.75. The number of nitro groups is 1. The molecule has 0 aliphatic carbocycles. The Labute approximate surface area is 115 Å². The average Bonchev–Trinajstić information content (AvgIpc) is 2.56. The van der Waals surface area contributed by atoms with E-state index in [-0.39, 0.29) is 16.7 Å². The van der Waals surface area contributed by atoms with E-state index >= 15 is 0 Å². The number of halogens is 2. The van der Waals surface area contributed by atoms with Crippen LogP contribution in [0.15, 0.2) is 10.8 Å². The van der Waals surface area contributed by atoms with Crippen molar-refractivity contribution in [3.05, 3.63) is 37.5 Å². The molecule has 0 aliphatic heterocycles. The molecule has 0 aliphatic rings. The molecule has 0 atom stereocenters. The van der Waals surface area contributed by atoms with Crippen LogP contribution < -0.4 is 0 Å². The van der Waals surface area contributed by atoms with Crippen LogP contribution in [0.3, 0.4) is 0 Å². The molecule has 2 rings (SSSR count). The first kappa shape index (κ1) is 12.9. The monoisotopic (exact) mass is 331 g/mol. The average molecular weight is 333 g/mol. The van der Waals surface area contributed by atoms with Gasteiger partial charge in [-0.1, -0.05) is 11.6 Å². The molecule has 94 valence electrons. The van der Waals surface area contributed by atoms with Gasteiger partial charge in [0.15, 0.2) is 0 Å². The Kier molecular flexibility index (Phi) is 3.31. The van der Waals surface area contributed by atoms with E-state index in [1.54, 1.807) is 13.8 Å². The molecule has 0 saturated heterocycles. The van der Waals surface area contributed by atoms with E-state index in [2.05, 4.69) is 31.0 Å². The van der Waals surface area contributed by atoms with Crippen LogP contribution >= 0.6 is 27.5 Å². The molecule has 0 N–H and O–H groups in total. The van der Waals surface area contributed by atoms with E-state index in [9.17, 15) is 10.1 Å². The lowest BCUT2D eigenvalue weighted by molar-refractivity contribution is -0.385. The lowest BCUT2D eigenvalue weighted by Gasteiger charge is -2.04. The highest BCUT2D eigenvalue weighted by Gasteiger charge is 2.25. The predicted octanol–water partition coefficient (Wildman–Crippen LogP) is 2.60. The molecule has 0 amide bonds. The zero-order chi connectivity index (χ0) is 13.4. The highest BCUT2D eigenvalue weighted by atomic mass is 79.9. The van der Waals surface area contributed by atoms with Crippen molar-refractivity contribution in [2.45, 2.75) is 13.8 Å². The Morgan fingerprint density at radius 1 is 1.44 bits per heavy atom. The Bertz CT molecular complexity index is 642. The van der Waals surface area contributed by atoms with Crippen molar-refractivity contribution in [3.8, 4) is 5.82 Å². The first-order valence-corrected chi connectivity index (χ1v) is 5.97. The predicted molar refractivity (Wildman–Crippen MR) is 68.0 cm³/mol. The summed E-state index contributed by atoms with van der Waals surface area (Å²) in [7, 11) is 0. The molecule has 7 nitrogen and oxygen atoms in total. The van der Waals surface area contributed by atoms with Gasteiger partial charge in [-0.3, -0.25) is 10.1 Å². The standard InChI is InChI=1S/C9H7BrClN5O2/c1-4-6(10)5(2)15(14-4)9-7(16(17)18)8(11)12-3-13-9/h3H,1-2H3. The van der Waals surface area contributed by atoms with Gasteiger partial charge in [0.25, 0.3) is 0 Å². The Hall–Kier alpha value is -1.54. The molecule has 2 heterocycles. The van der Waals surface area contributed by atoms with Crippen LogP contribution in [0.25, 0.3) is 5.82 Å².